The maximum absolute atomic E-state index is 13.4. The number of nitrogens with zero attached hydrogens (tertiary/aromatic N) is 1. The lowest BCUT2D eigenvalue weighted by Crippen LogP contribution is -2.31. The highest BCUT2D eigenvalue weighted by atomic mass is 35.5. The van der Waals surface area contributed by atoms with Gasteiger partial charge in [0, 0.05) is 35.2 Å². The lowest BCUT2D eigenvalue weighted by Gasteiger charge is -2.30. The van der Waals surface area contributed by atoms with Gasteiger partial charge < -0.3 is 15.5 Å². The Morgan fingerprint density at radius 1 is 0.909 bits per heavy atom. The molecule has 0 atom stereocenters. The van der Waals surface area contributed by atoms with Gasteiger partial charge in [-0.15, -0.1) is 0 Å². The predicted octanol–water partition coefficient (Wildman–Crippen LogP) is 6.07. The summed E-state index contributed by atoms with van der Waals surface area (Å²) < 4.78 is 0. The number of halogens is 1. The lowest BCUT2D eigenvalue weighted by molar-refractivity contribution is -0.115. The van der Waals surface area contributed by atoms with Gasteiger partial charge in [-0.25, -0.2) is 0 Å². The van der Waals surface area contributed by atoms with Crippen molar-refractivity contribution in [3.05, 3.63) is 88.4 Å². The highest BCUT2D eigenvalue weighted by Crippen LogP contribution is 2.29. The average Bonchev–Trinajstić information content (AvgIpc) is 2.82. The molecule has 0 unspecified atom stereocenters. The molecule has 1 heterocycles. The fourth-order valence-electron chi connectivity index (χ4n) is 4.11. The minimum atomic E-state index is -0.222. The van der Waals surface area contributed by atoms with Gasteiger partial charge in [0.15, 0.2) is 0 Å². The Labute approximate surface area is 199 Å². The topological polar surface area (TPSA) is 61.4 Å². The van der Waals surface area contributed by atoms with Crippen molar-refractivity contribution >= 4 is 40.5 Å². The molecule has 0 spiro atoms. The second kappa shape index (κ2) is 10.5. The van der Waals surface area contributed by atoms with Crippen LogP contribution in [-0.2, 0) is 11.2 Å². The summed E-state index contributed by atoms with van der Waals surface area (Å²) in [5.74, 6) is -0.343. The maximum Gasteiger partial charge on any atom is 0.257 e. The highest BCUT2D eigenvalue weighted by Gasteiger charge is 2.20. The zero-order chi connectivity index (χ0) is 23.2. The summed E-state index contributed by atoms with van der Waals surface area (Å²) in [7, 11) is 0. The van der Waals surface area contributed by atoms with E-state index < -0.39 is 0 Å². The molecule has 170 valence electrons. The van der Waals surface area contributed by atoms with Gasteiger partial charge in [-0.3, -0.25) is 9.59 Å². The van der Waals surface area contributed by atoms with E-state index in [1.165, 1.54) is 6.42 Å². The fourth-order valence-corrected chi connectivity index (χ4v) is 4.28. The van der Waals surface area contributed by atoms with Crippen LogP contribution in [0.25, 0.3) is 0 Å². The molecule has 2 N–H and O–H groups in total. The number of rotatable bonds is 6. The summed E-state index contributed by atoms with van der Waals surface area (Å²) in [6.07, 6.45) is 3.68. The second-order valence-electron chi connectivity index (χ2n) is 8.40. The normalized spacial score (nSPS) is 13.5. The molecule has 1 aliphatic heterocycles. The Bertz CT molecular complexity index is 1140. The molecule has 1 saturated heterocycles. The second-order valence-corrected chi connectivity index (χ2v) is 8.84. The minimum Gasteiger partial charge on any atom is -0.371 e. The van der Waals surface area contributed by atoms with Crippen LogP contribution in [0, 0.1) is 6.92 Å². The molecule has 3 aromatic carbocycles. The largest absolute Gasteiger partial charge is 0.371 e. The van der Waals surface area contributed by atoms with Crippen molar-refractivity contribution in [3.8, 4) is 0 Å². The monoisotopic (exact) mass is 461 g/mol. The molecule has 2 amide bonds. The van der Waals surface area contributed by atoms with Crippen LogP contribution in [-0.4, -0.2) is 24.9 Å². The number of piperidine rings is 1. The Morgan fingerprint density at radius 3 is 2.42 bits per heavy atom. The summed E-state index contributed by atoms with van der Waals surface area (Å²) in [5, 5.41) is 6.51. The third-order valence-corrected chi connectivity index (χ3v) is 6.11. The summed E-state index contributed by atoms with van der Waals surface area (Å²) in [6.45, 7) is 3.75. The Kier molecular flexibility index (Phi) is 7.30. The maximum atomic E-state index is 13.4. The van der Waals surface area contributed by atoms with Gasteiger partial charge in [0.1, 0.15) is 0 Å². The first-order valence-electron chi connectivity index (χ1n) is 11.3. The van der Waals surface area contributed by atoms with E-state index in [4.69, 9.17) is 11.6 Å². The third-order valence-electron chi connectivity index (χ3n) is 5.88. The first kappa shape index (κ1) is 22.9. The van der Waals surface area contributed by atoms with Crippen LogP contribution < -0.4 is 15.5 Å². The summed E-state index contributed by atoms with van der Waals surface area (Å²) in [4.78, 5) is 28.2. The minimum absolute atomic E-state index is 0.121. The van der Waals surface area contributed by atoms with E-state index in [-0.39, 0.29) is 18.2 Å². The zero-order valence-corrected chi connectivity index (χ0v) is 19.5. The summed E-state index contributed by atoms with van der Waals surface area (Å²) in [6, 6.07) is 20.6. The van der Waals surface area contributed by atoms with Crippen LogP contribution in [0.4, 0.5) is 17.1 Å². The van der Waals surface area contributed by atoms with Crippen LogP contribution in [0.2, 0.25) is 5.02 Å². The molecule has 1 fully saturated rings. The highest BCUT2D eigenvalue weighted by molar-refractivity contribution is 6.31. The standard InChI is InChI=1S/C27H28ClN3O2/c1-19-10-11-21(28)17-24(19)30-27(33)23-18-22(12-13-25(23)31-14-6-3-7-15-31)29-26(32)16-20-8-4-2-5-9-20/h2,4-5,8-13,17-18H,3,6-7,14-16H2,1H3,(H,29,32)(H,30,33). The molecule has 0 saturated carbocycles. The van der Waals surface area contributed by atoms with Crippen LogP contribution in [0.3, 0.4) is 0 Å². The molecule has 33 heavy (non-hydrogen) atoms. The van der Waals surface area contributed by atoms with E-state index in [1.54, 1.807) is 18.2 Å². The molecule has 4 rings (SSSR count). The van der Waals surface area contributed by atoms with Crippen molar-refractivity contribution in [1.29, 1.82) is 0 Å². The van der Waals surface area contributed by atoms with Crippen LogP contribution in [0.15, 0.2) is 66.7 Å². The van der Waals surface area contributed by atoms with Crippen LogP contribution in [0.5, 0.6) is 0 Å². The number of carbonyl (C=O) groups excluding carboxylic acids is 2. The van der Waals surface area contributed by atoms with Gasteiger partial charge >= 0.3 is 0 Å². The van der Waals surface area contributed by atoms with E-state index in [9.17, 15) is 9.59 Å². The number of carbonyl (C=O) groups is 2. The van der Waals surface area contributed by atoms with Crippen LogP contribution >= 0.6 is 11.6 Å². The molecule has 6 heteroatoms. The molecule has 0 aliphatic carbocycles. The number of hydrogen-bond donors (Lipinski definition) is 2. The Hall–Kier alpha value is -3.31. The molecule has 0 radical (unpaired) electrons. The zero-order valence-electron chi connectivity index (χ0n) is 18.7. The van der Waals surface area contributed by atoms with Gasteiger partial charge in [0.25, 0.3) is 5.91 Å². The van der Waals surface area contributed by atoms with Crippen molar-refractivity contribution in [3.63, 3.8) is 0 Å². The molecular weight excluding hydrogens is 434 g/mol. The molecule has 1 aliphatic rings. The number of benzene rings is 3. The quantitative estimate of drug-likeness (QED) is 0.468. The first-order chi connectivity index (χ1) is 16.0. The third kappa shape index (κ3) is 5.93. The smallest absolute Gasteiger partial charge is 0.257 e. The van der Waals surface area contributed by atoms with E-state index >= 15 is 0 Å². The fraction of sp³-hybridized carbons (Fsp3) is 0.259. The number of anilines is 3. The van der Waals surface area contributed by atoms with Crippen molar-refractivity contribution in [2.75, 3.05) is 28.6 Å². The SMILES string of the molecule is Cc1ccc(Cl)cc1NC(=O)c1cc(NC(=O)Cc2ccccc2)ccc1N1CCCCC1. The molecule has 0 bridgehead atoms. The van der Waals surface area contributed by atoms with Crippen molar-refractivity contribution in [1.82, 2.24) is 0 Å². The number of hydrogen-bond acceptors (Lipinski definition) is 3. The van der Waals surface area contributed by atoms with E-state index in [2.05, 4.69) is 15.5 Å². The van der Waals surface area contributed by atoms with Crippen LogP contribution in [0.1, 0.15) is 40.7 Å². The van der Waals surface area contributed by atoms with Gasteiger partial charge in [-0.05, 0) is 67.6 Å². The number of nitrogens with one attached hydrogen (secondary N) is 2. The van der Waals surface area contributed by atoms with E-state index in [0.717, 1.165) is 42.7 Å². The summed E-state index contributed by atoms with van der Waals surface area (Å²) >= 11 is 6.14. The van der Waals surface area contributed by atoms with Gasteiger partial charge in [-0.2, -0.15) is 0 Å². The Balaban J connectivity index is 1.59. The molecule has 0 aromatic heterocycles. The average molecular weight is 462 g/mol. The predicted molar refractivity (Wildman–Crippen MR) is 135 cm³/mol. The van der Waals surface area contributed by atoms with Gasteiger partial charge in [-0.1, -0.05) is 48.0 Å². The van der Waals surface area contributed by atoms with Gasteiger partial charge in [0.2, 0.25) is 5.91 Å². The van der Waals surface area contributed by atoms with Crippen molar-refractivity contribution in [2.24, 2.45) is 0 Å². The van der Waals surface area contributed by atoms with Crippen molar-refractivity contribution < 1.29 is 9.59 Å². The van der Waals surface area contributed by atoms with Crippen molar-refractivity contribution in [2.45, 2.75) is 32.6 Å². The first-order valence-corrected chi connectivity index (χ1v) is 11.7. The molecule has 5 nitrogen and oxygen atoms in total. The molecule has 3 aromatic rings. The number of amides is 2. The van der Waals surface area contributed by atoms with E-state index in [0.29, 0.717) is 22.0 Å². The molecular formula is C27H28ClN3O2. The Morgan fingerprint density at radius 2 is 1.67 bits per heavy atom. The van der Waals surface area contributed by atoms with E-state index in [1.807, 2.05) is 55.5 Å². The lowest BCUT2D eigenvalue weighted by atomic mass is 10.0. The van der Waals surface area contributed by atoms with Gasteiger partial charge in [0.05, 0.1) is 12.0 Å². The summed E-state index contributed by atoms with van der Waals surface area (Å²) in [5.41, 5.74) is 4.57. The number of aryl methyl sites for hydroxylation is 1.